The number of methoxy groups -OCH3 is 3. The Balaban J connectivity index is 1.41. The van der Waals surface area contributed by atoms with E-state index in [1.54, 1.807) is 38.3 Å². The molecule has 16 nitrogen and oxygen atoms in total. The quantitative estimate of drug-likeness (QED) is 0.0926. The summed E-state index contributed by atoms with van der Waals surface area (Å²) < 4.78 is 30.3. The number of amides is 6. The highest BCUT2D eigenvalue weighted by Gasteiger charge is 2.50. The number of allylic oxidation sites excluding steroid dienone is 1. The topological polar surface area (TPSA) is 188 Å². The van der Waals surface area contributed by atoms with Gasteiger partial charge in [0.15, 0.2) is 0 Å². The van der Waals surface area contributed by atoms with E-state index < -0.39 is 54.4 Å². The van der Waals surface area contributed by atoms with Gasteiger partial charge in [-0.1, -0.05) is 71.0 Å². The summed E-state index contributed by atoms with van der Waals surface area (Å²) in [5.74, 6) is -2.57. The van der Waals surface area contributed by atoms with Crippen LogP contribution in [0.3, 0.4) is 0 Å². The molecule has 0 radical (unpaired) electrons. The van der Waals surface area contributed by atoms with Crippen LogP contribution in [0, 0.1) is 23.6 Å². The van der Waals surface area contributed by atoms with Crippen molar-refractivity contribution in [2.45, 2.75) is 110 Å². The normalized spacial score (nSPS) is 20.5. The molecule has 5 rings (SSSR count). The molecule has 8 unspecified atom stereocenters. The second-order valence-electron chi connectivity index (χ2n) is 17.9. The van der Waals surface area contributed by atoms with Crippen LogP contribution in [0.1, 0.15) is 90.9 Å². The summed E-state index contributed by atoms with van der Waals surface area (Å²) in [5.41, 5.74) is 3.54. The molecular weight excluding hydrogens is 874 g/mol. The predicted octanol–water partition coefficient (Wildman–Crippen LogP) is 7.59. The van der Waals surface area contributed by atoms with E-state index in [-0.39, 0.29) is 47.3 Å². The Labute approximate surface area is 399 Å². The Bertz CT molecular complexity index is 2240. The summed E-state index contributed by atoms with van der Waals surface area (Å²) in [6.07, 6.45) is 3.91. The fraction of sp³-hybridized carbons (Fsp3) is 0.490. The number of nitrogens with zero attached hydrogens (tertiary/aromatic N) is 3. The van der Waals surface area contributed by atoms with Crippen LogP contribution in [-0.2, 0) is 33.4 Å². The van der Waals surface area contributed by atoms with Crippen LogP contribution < -0.4 is 26.2 Å². The minimum absolute atomic E-state index is 0.211. The van der Waals surface area contributed by atoms with Gasteiger partial charge in [0, 0.05) is 43.2 Å². The van der Waals surface area contributed by atoms with Gasteiger partial charge in [-0.05, 0) is 105 Å². The van der Waals surface area contributed by atoms with Gasteiger partial charge < -0.3 is 50.2 Å². The predicted molar refractivity (Wildman–Crippen MR) is 258 cm³/mol. The molecule has 0 bridgehead atoms. The standard InChI is InChI=1S/C51H68FN7O9/c1-11-14-39-43(33-16-22-37(23-17-33)54-47(61)40-15-13-29-58(40)49(63)42(31(5)6)56-51(65)68-10)59(38-26-20-35(52)21-27-38)44(45(39)66-8)34-18-24-36(25-19-34)53-46(60)32(7)57(28-12-2)48(62)41(30(3)4)55-50(64)67-9/h11,14,16-27,30-32,39-45H,12-13,15,28-29H2,1-10H3,(H,53,60)(H,54,61)(H,55,64)(H,56,65). The van der Waals surface area contributed by atoms with Gasteiger partial charge in [0.25, 0.3) is 0 Å². The third-order valence-corrected chi connectivity index (χ3v) is 12.7. The Morgan fingerprint density at radius 3 is 1.82 bits per heavy atom. The van der Waals surface area contributed by atoms with E-state index >= 15 is 0 Å². The van der Waals surface area contributed by atoms with Crippen molar-refractivity contribution in [2.24, 2.45) is 17.8 Å². The molecule has 2 saturated heterocycles. The van der Waals surface area contributed by atoms with Crippen LogP contribution in [0.2, 0.25) is 0 Å². The van der Waals surface area contributed by atoms with Crippen LogP contribution in [-0.4, -0.2) is 110 Å². The lowest BCUT2D eigenvalue weighted by molar-refractivity contribution is -0.140. The second-order valence-corrected chi connectivity index (χ2v) is 17.9. The lowest BCUT2D eigenvalue weighted by Gasteiger charge is -2.34. The van der Waals surface area contributed by atoms with Crippen LogP contribution in [0.5, 0.6) is 0 Å². The van der Waals surface area contributed by atoms with Gasteiger partial charge in [0.2, 0.25) is 23.6 Å². The molecule has 0 aliphatic carbocycles. The van der Waals surface area contributed by atoms with E-state index in [0.29, 0.717) is 43.7 Å². The molecule has 8 atom stereocenters. The molecule has 17 heteroatoms. The van der Waals surface area contributed by atoms with Gasteiger partial charge in [0.1, 0.15) is 30.0 Å². The summed E-state index contributed by atoms with van der Waals surface area (Å²) in [6.45, 7) is 13.4. The first kappa shape index (κ1) is 52.5. The van der Waals surface area contributed by atoms with Crippen molar-refractivity contribution in [1.29, 1.82) is 0 Å². The first-order valence-electron chi connectivity index (χ1n) is 23.3. The van der Waals surface area contributed by atoms with Gasteiger partial charge in [-0.2, -0.15) is 0 Å². The number of rotatable bonds is 18. The van der Waals surface area contributed by atoms with Crippen molar-refractivity contribution in [3.63, 3.8) is 0 Å². The van der Waals surface area contributed by atoms with Gasteiger partial charge in [0.05, 0.1) is 32.4 Å². The van der Waals surface area contributed by atoms with Crippen LogP contribution in [0.15, 0.2) is 84.9 Å². The number of anilines is 3. The maximum atomic E-state index is 14.5. The van der Waals surface area contributed by atoms with Crippen LogP contribution >= 0.6 is 0 Å². The van der Waals surface area contributed by atoms with E-state index in [2.05, 4.69) is 32.2 Å². The first-order valence-corrected chi connectivity index (χ1v) is 23.3. The number of ether oxygens (including phenoxy) is 3. The number of carbonyl (C=O) groups excluding carboxylic acids is 6. The van der Waals surface area contributed by atoms with E-state index in [0.717, 1.165) is 16.8 Å². The highest BCUT2D eigenvalue weighted by atomic mass is 19.1. The third-order valence-electron chi connectivity index (χ3n) is 12.7. The number of likely N-dealkylation sites (tertiary alicyclic amines) is 1. The molecule has 0 aromatic heterocycles. The van der Waals surface area contributed by atoms with Gasteiger partial charge in [-0.3, -0.25) is 19.2 Å². The number of halogens is 1. The van der Waals surface area contributed by atoms with Gasteiger partial charge in [-0.25, -0.2) is 14.0 Å². The summed E-state index contributed by atoms with van der Waals surface area (Å²) in [4.78, 5) is 84.3. The fourth-order valence-electron chi connectivity index (χ4n) is 9.23. The SMILES string of the molecule is CC=CC1C(OC)C(c2ccc(NC(=O)C(C)N(CCC)C(=O)C(NC(=O)OC)C(C)C)cc2)N(c2ccc(F)cc2)C1c1ccc(NC(=O)C2CCCN2C(=O)C(NC(=O)OC)C(C)C)cc1. The van der Waals surface area contributed by atoms with E-state index in [1.807, 2.05) is 84.0 Å². The monoisotopic (exact) mass is 942 g/mol. The minimum Gasteiger partial charge on any atom is -0.453 e. The third kappa shape index (κ3) is 12.1. The number of hydrogen-bond donors (Lipinski definition) is 4. The number of alkyl carbamates (subject to hydrolysis) is 2. The molecule has 4 N–H and O–H groups in total. The average molecular weight is 942 g/mol. The second kappa shape index (κ2) is 24.0. The van der Waals surface area contributed by atoms with Crippen molar-refractivity contribution in [2.75, 3.05) is 50.0 Å². The number of hydrogen-bond acceptors (Lipinski definition) is 10. The van der Waals surface area contributed by atoms with Crippen LogP contribution in [0.4, 0.5) is 31.0 Å². The molecule has 368 valence electrons. The fourth-order valence-corrected chi connectivity index (χ4v) is 9.23. The first-order chi connectivity index (χ1) is 32.5. The number of nitrogens with one attached hydrogen (secondary N) is 4. The molecule has 2 aliphatic heterocycles. The molecule has 2 heterocycles. The van der Waals surface area contributed by atoms with E-state index in [9.17, 15) is 33.2 Å². The summed E-state index contributed by atoms with van der Waals surface area (Å²) in [7, 11) is 4.12. The summed E-state index contributed by atoms with van der Waals surface area (Å²) in [6, 6.07) is 17.2. The Morgan fingerprint density at radius 2 is 1.31 bits per heavy atom. The van der Waals surface area contributed by atoms with Gasteiger partial charge >= 0.3 is 12.2 Å². The summed E-state index contributed by atoms with van der Waals surface area (Å²) >= 11 is 0. The van der Waals surface area contributed by atoms with Crippen molar-refractivity contribution in [3.8, 4) is 0 Å². The largest absolute Gasteiger partial charge is 0.453 e. The van der Waals surface area contributed by atoms with Crippen molar-refractivity contribution < 1.29 is 47.4 Å². The molecule has 3 aromatic rings. The van der Waals surface area contributed by atoms with Crippen molar-refractivity contribution in [1.82, 2.24) is 20.4 Å². The molecule has 0 saturated carbocycles. The zero-order valence-electron chi connectivity index (χ0n) is 40.8. The Kier molecular flexibility index (Phi) is 18.5. The highest BCUT2D eigenvalue weighted by Crippen LogP contribution is 2.52. The Morgan fingerprint density at radius 1 is 0.765 bits per heavy atom. The van der Waals surface area contributed by atoms with E-state index in [1.165, 1.54) is 36.2 Å². The van der Waals surface area contributed by atoms with Gasteiger partial charge in [-0.15, -0.1) is 0 Å². The van der Waals surface area contributed by atoms with Crippen molar-refractivity contribution >= 4 is 52.9 Å². The lowest BCUT2D eigenvalue weighted by atomic mass is 9.89. The van der Waals surface area contributed by atoms with E-state index in [4.69, 9.17) is 14.2 Å². The molecule has 0 spiro atoms. The molecule has 68 heavy (non-hydrogen) atoms. The smallest absolute Gasteiger partial charge is 0.407 e. The number of benzene rings is 3. The Hall–Kier alpha value is -6.49. The highest BCUT2D eigenvalue weighted by molar-refractivity contribution is 5.99. The molecule has 6 amide bonds. The molecule has 2 fully saturated rings. The molecule has 2 aliphatic rings. The number of carbonyl (C=O) groups is 6. The maximum absolute atomic E-state index is 14.5. The zero-order valence-corrected chi connectivity index (χ0v) is 40.8. The van der Waals surface area contributed by atoms with Crippen molar-refractivity contribution in [3.05, 3.63) is 102 Å². The molecular formula is C51H68FN7O9. The van der Waals surface area contributed by atoms with Crippen LogP contribution in [0.25, 0.3) is 0 Å². The maximum Gasteiger partial charge on any atom is 0.407 e. The lowest BCUT2D eigenvalue weighted by Crippen LogP contribution is -2.55. The average Bonchev–Trinajstić information content (AvgIpc) is 3.95. The molecule has 3 aromatic carbocycles. The summed E-state index contributed by atoms with van der Waals surface area (Å²) in [5, 5.41) is 11.2. The zero-order chi connectivity index (χ0) is 49.8. The minimum atomic E-state index is -0.892.